The van der Waals surface area contributed by atoms with Gasteiger partial charge >= 0.3 is 5.88 Å². The zero-order chi connectivity index (χ0) is 12.3. The molecule has 1 saturated heterocycles. The third-order valence-corrected chi connectivity index (χ3v) is 2.85. The number of rotatable bonds is 4. The summed E-state index contributed by atoms with van der Waals surface area (Å²) in [6.45, 7) is 7.35. The Morgan fingerprint density at radius 1 is 1.42 bits per heavy atom. The number of hydrogen-bond acceptors (Lipinski definition) is 5. The van der Waals surface area contributed by atoms with Gasteiger partial charge in [0.1, 0.15) is 10.7 Å². The molecule has 1 aromatic heterocycles. The van der Waals surface area contributed by atoms with Gasteiger partial charge in [-0.1, -0.05) is 6.08 Å². The fourth-order valence-corrected chi connectivity index (χ4v) is 2.00. The topological polar surface area (TPSA) is 71.5 Å². The van der Waals surface area contributed by atoms with Gasteiger partial charge in [-0.15, -0.1) is 31.4 Å². The zero-order valence-electron chi connectivity index (χ0n) is 10.3. The van der Waals surface area contributed by atoms with Gasteiger partial charge in [0.25, 0.3) is 0 Å². The standard InChI is InChI=1S/C11H15N3O3.2ClH/c1-2-9(13-7-5-12-6-8-13)10-3-4-11(17-10)14(15)16;;/h2-4,9,12H,1,5-8H2;2*1H/t9-;;/m0../s1. The van der Waals surface area contributed by atoms with E-state index in [1.165, 1.54) is 6.07 Å². The largest absolute Gasteiger partial charge is 0.433 e. The lowest BCUT2D eigenvalue weighted by Gasteiger charge is -2.31. The second kappa shape index (κ2) is 8.16. The zero-order valence-corrected chi connectivity index (χ0v) is 11.9. The summed E-state index contributed by atoms with van der Waals surface area (Å²) in [6, 6.07) is 2.94. The highest BCUT2D eigenvalue weighted by molar-refractivity contribution is 5.85. The van der Waals surface area contributed by atoms with Crippen molar-refractivity contribution >= 4 is 30.7 Å². The molecule has 19 heavy (non-hydrogen) atoms. The van der Waals surface area contributed by atoms with Crippen molar-refractivity contribution in [2.45, 2.75) is 6.04 Å². The Labute approximate surface area is 123 Å². The Balaban J connectivity index is 0.00000162. The molecule has 0 aliphatic carbocycles. The number of nitrogens with one attached hydrogen (secondary N) is 1. The summed E-state index contributed by atoms with van der Waals surface area (Å²) in [5, 5.41) is 13.8. The van der Waals surface area contributed by atoms with E-state index in [2.05, 4.69) is 16.8 Å². The first-order chi connectivity index (χ1) is 8.22. The average Bonchev–Trinajstić information content (AvgIpc) is 2.81. The van der Waals surface area contributed by atoms with Crippen LogP contribution >= 0.6 is 24.8 Å². The molecule has 0 unspecified atom stereocenters. The van der Waals surface area contributed by atoms with Crippen LogP contribution in [0.3, 0.4) is 0 Å². The van der Waals surface area contributed by atoms with E-state index in [1.807, 2.05) is 0 Å². The maximum atomic E-state index is 10.6. The molecule has 8 heteroatoms. The Morgan fingerprint density at radius 3 is 2.53 bits per heavy atom. The number of furan rings is 1. The van der Waals surface area contributed by atoms with E-state index < -0.39 is 4.92 Å². The van der Waals surface area contributed by atoms with Gasteiger partial charge in [0.2, 0.25) is 0 Å². The monoisotopic (exact) mass is 309 g/mol. The second-order valence-electron chi connectivity index (χ2n) is 3.90. The second-order valence-corrected chi connectivity index (χ2v) is 3.90. The van der Waals surface area contributed by atoms with Gasteiger partial charge in [0.05, 0.1) is 12.1 Å². The molecule has 6 nitrogen and oxygen atoms in total. The van der Waals surface area contributed by atoms with Crippen LogP contribution in [0.4, 0.5) is 5.88 Å². The van der Waals surface area contributed by atoms with Crippen molar-refractivity contribution in [1.29, 1.82) is 0 Å². The Bertz CT molecular complexity index is 419. The third kappa shape index (κ3) is 4.21. The molecule has 0 saturated carbocycles. The van der Waals surface area contributed by atoms with Crippen molar-refractivity contribution in [2.24, 2.45) is 0 Å². The summed E-state index contributed by atoms with van der Waals surface area (Å²) in [5.74, 6) is 0.357. The predicted molar refractivity (Wildman–Crippen MR) is 77.2 cm³/mol. The van der Waals surface area contributed by atoms with Crippen LogP contribution in [0, 0.1) is 10.1 Å². The molecule has 108 valence electrons. The molecule has 1 N–H and O–H groups in total. The maximum Gasteiger partial charge on any atom is 0.433 e. The van der Waals surface area contributed by atoms with Crippen molar-refractivity contribution in [3.05, 3.63) is 40.7 Å². The first-order valence-corrected chi connectivity index (χ1v) is 5.54. The smallest absolute Gasteiger partial charge is 0.404 e. The number of hydrogen-bond donors (Lipinski definition) is 1. The maximum absolute atomic E-state index is 10.6. The molecule has 1 aliphatic heterocycles. The summed E-state index contributed by atoms with van der Waals surface area (Å²) in [4.78, 5) is 12.2. The lowest BCUT2D eigenvalue weighted by Crippen LogP contribution is -2.44. The molecule has 2 heterocycles. The van der Waals surface area contributed by atoms with Gasteiger partial charge in [-0.2, -0.15) is 0 Å². The fraction of sp³-hybridized carbons (Fsp3) is 0.455. The highest BCUT2D eigenvalue weighted by Crippen LogP contribution is 2.27. The van der Waals surface area contributed by atoms with Gasteiger partial charge in [0.15, 0.2) is 0 Å². The van der Waals surface area contributed by atoms with Gasteiger partial charge < -0.3 is 9.73 Å². The molecule has 1 aromatic rings. The molecule has 2 rings (SSSR count). The normalized spacial score (nSPS) is 16.8. The molecule has 0 bridgehead atoms. The quantitative estimate of drug-likeness (QED) is 0.524. The SMILES string of the molecule is C=C[C@@H](c1ccc([N+](=O)[O-])o1)N1CCNCC1.Cl.Cl. The molecule has 1 atom stereocenters. The van der Waals surface area contributed by atoms with Crippen molar-refractivity contribution in [1.82, 2.24) is 10.2 Å². The molecule has 1 fully saturated rings. The Hall–Kier alpha value is -1.08. The summed E-state index contributed by atoms with van der Waals surface area (Å²) < 4.78 is 5.22. The molecular formula is C11H17Cl2N3O3. The number of halogens is 2. The summed E-state index contributed by atoms with van der Waals surface area (Å²) in [7, 11) is 0. The molecule has 0 amide bonds. The minimum absolute atomic E-state index is 0. The fourth-order valence-electron chi connectivity index (χ4n) is 2.00. The average molecular weight is 310 g/mol. The van der Waals surface area contributed by atoms with E-state index in [0.717, 1.165) is 26.2 Å². The van der Waals surface area contributed by atoms with Crippen LogP contribution in [0.5, 0.6) is 0 Å². The van der Waals surface area contributed by atoms with Gasteiger partial charge in [-0.25, -0.2) is 0 Å². The number of nitro groups is 1. The van der Waals surface area contributed by atoms with E-state index in [-0.39, 0.29) is 36.7 Å². The van der Waals surface area contributed by atoms with E-state index in [0.29, 0.717) is 5.76 Å². The Kier molecular flexibility index (Phi) is 7.70. The molecule has 0 spiro atoms. The van der Waals surface area contributed by atoms with Crippen molar-refractivity contribution in [2.75, 3.05) is 26.2 Å². The van der Waals surface area contributed by atoms with Gasteiger partial charge in [-0.3, -0.25) is 15.0 Å². The first-order valence-electron chi connectivity index (χ1n) is 5.54. The molecule has 0 aromatic carbocycles. The van der Waals surface area contributed by atoms with E-state index >= 15 is 0 Å². The van der Waals surface area contributed by atoms with E-state index in [9.17, 15) is 10.1 Å². The van der Waals surface area contributed by atoms with Crippen LogP contribution in [-0.2, 0) is 0 Å². The van der Waals surface area contributed by atoms with Crippen LogP contribution in [0.2, 0.25) is 0 Å². The van der Waals surface area contributed by atoms with Gasteiger partial charge in [0, 0.05) is 26.2 Å². The summed E-state index contributed by atoms with van der Waals surface area (Å²) in [5.41, 5.74) is 0. The van der Waals surface area contributed by atoms with Crippen molar-refractivity contribution in [3.8, 4) is 0 Å². The number of nitrogens with zero attached hydrogens (tertiary/aromatic N) is 2. The lowest BCUT2D eigenvalue weighted by atomic mass is 10.1. The predicted octanol–water partition coefficient (Wildman–Crippen LogP) is 2.16. The summed E-state index contributed by atoms with van der Waals surface area (Å²) in [6.07, 6.45) is 1.76. The minimum atomic E-state index is -0.526. The number of piperazine rings is 1. The highest BCUT2D eigenvalue weighted by atomic mass is 35.5. The van der Waals surface area contributed by atoms with Crippen LogP contribution in [0.15, 0.2) is 29.2 Å². The molecule has 0 radical (unpaired) electrons. The summed E-state index contributed by atoms with van der Waals surface area (Å²) >= 11 is 0. The van der Waals surface area contributed by atoms with Crippen molar-refractivity contribution in [3.63, 3.8) is 0 Å². The van der Waals surface area contributed by atoms with E-state index in [4.69, 9.17) is 4.42 Å². The van der Waals surface area contributed by atoms with E-state index in [1.54, 1.807) is 12.1 Å². The van der Waals surface area contributed by atoms with Crippen LogP contribution in [-0.4, -0.2) is 36.0 Å². The highest BCUT2D eigenvalue weighted by Gasteiger charge is 2.24. The third-order valence-electron chi connectivity index (χ3n) is 2.85. The Morgan fingerprint density at radius 2 is 2.05 bits per heavy atom. The van der Waals surface area contributed by atoms with Crippen LogP contribution in [0.25, 0.3) is 0 Å². The lowest BCUT2D eigenvalue weighted by molar-refractivity contribution is -0.402. The first kappa shape index (κ1) is 17.9. The molecular weight excluding hydrogens is 293 g/mol. The van der Waals surface area contributed by atoms with Crippen LogP contribution < -0.4 is 5.32 Å². The molecule has 1 aliphatic rings. The van der Waals surface area contributed by atoms with Gasteiger partial charge in [-0.05, 0) is 6.07 Å². The minimum Gasteiger partial charge on any atom is -0.404 e. The van der Waals surface area contributed by atoms with Crippen LogP contribution in [0.1, 0.15) is 11.8 Å². The van der Waals surface area contributed by atoms with Crippen molar-refractivity contribution < 1.29 is 9.34 Å².